The Morgan fingerprint density at radius 2 is 2.35 bits per heavy atom. The summed E-state index contributed by atoms with van der Waals surface area (Å²) in [7, 11) is 0. The van der Waals surface area contributed by atoms with Gasteiger partial charge in [-0.1, -0.05) is 17.3 Å². The van der Waals surface area contributed by atoms with Gasteiger partial charge < -0.3 is 21.0 Å². The minimum absolute atomic E-state index is 0.0260. The van der Waals surface area contributed by atoms with Gasteiger partial charge in [-0.25, -0.2) is 0 Å². The maximum atomic E-state index is 8.68. The van der Waals surface area contributed by atoms with Crippen molar-refractivity contribution in [3.05, 3.63) is 34.9 Å². The van der Waals surface area contributed by atoms with E-state index in [9.17, 15) is 0 Å². The quantitative estimate of drug-likeness (QED) is 0.331. The molecule has 1 saturated heterocycles. The lowest BCUT2D eigenvalue weighted by molar-refractivity contribution is 0.0206. The molecule has 0 amide bonds. The van der Waals surface area contributed by atoms with Crippen molar-refractivity contribution in [1.82, 2.24) is 5.32 Å². The molecule has 1 fully saturated rings. The average molecular weight is 277 g/mol. The second kappa shape index (κ2) is 6.24. The number of oxime groups is 1. The Morgan fingerprint density at radius 1 is 1.55 bits per heavy atom. The molecule has 1 heterocycles. The third-order valence-electron chi connectivity index (χ3n) is 3.86. The second-order valence-electron chi connectivity index (χ2n) is 5.63. The Bertz CT molecular complexity index is 494. The Morgan fingerprint density at radius 3 is 2.95 bits per heavy atom. The van der Waals surface area contributed by atoms with E-state index in [4.69, 9.17) is 15.7 Å². The maximum Gasteiger partial charge on any atom is 0.170 e. The Labute approximate surface area is 119 Å². The molecule has 1 unspecified atom stereocenters. The molecule has 0 aliphatic carbocycles. The zero-order valence-electron chi connectivity index (χ0n) is 12.1. The van der Waals surface area contributed by atoms with Gasteiger partial charge in [0, 0.05) is 25.3 Å². The van der Waals surface area contributed by atoms with Gasteiger partial charge in [-0.2, -0.15) is 0 Å². The molecular formula is C15H23N3O2. The molecule has 0 aromatic heterocycles. The lowest BCUT2D eigenvalue weighted by atomic mass is 10.0. The van der Waals surface area contributed by atoms with Crippen molar-refractivity contribution in [2.45, 2.75) is 38.8 Å². The number of benzene rings is 1. The van der Waals surface area contributed by atoms with Crippen LogP contribution < -0.4 is 11.1 Å². The first-order valence-electron chi connectivity index (χ1n) is 6.96. The highest BCUT2D eigenvalue weighted by molar-refractivity contribution is 5.97. The monoisotopic (exact) mass is 277 g/mol. The number of nitrogens with zero attached hydrogens (tertiary/aromatic N) is 1. The molecule has 110 valence electrons. The van der Waals surface area contributed by atoms with Crippen molar-refractivity contribution in [1.29, 1.82) is 0 Å². The van der Waals surface area contributed by atoms with E-state index < -0.39 is 0 Å². The summed E-state index contributed by atoms with van der Waals surface area (Å²) in [4.78, 5) is 0. The van der Waals surface area contributed by atoms with Crippen molar-refractivity contribution in [3.63, 3.8) is 0 Å². The predicted molar refractivity (Wildman–Crippen MR) is 79.0 cm³/mol. The zero-order valence-corrected chi connectivity index (χ0v) is 12.1. The molecule has 1 atom stereocenters. The minimum atomic E-state index is -0.0260. The molecule has 0 radical (unpaired) electrons. The van der Waals surface area contributed by atoms with Crippen LogP contribution >= 0.6 is 0 Å². The first-order valence-corrected chi connectivity index (χ1v) is 6.96. The summed E-state index contributed by atoms with van der Waals surface area (Å²) in [5.74, 6) is 0.138. The molecule has 1 aliphatic rings. The molecule has 0 spiro atoms. The maximum absolute atomic E-state index is 8.68. The molecule has 5 nitrogen and oxygen atoms in total. The topological polar surface area (TPSA) is 79.9 Å². The third-order valence-corrected chi connectivity index (χ3v) is 3.86. The van der Waals surface area contributed by atoms with Gasteiger partial charge in [-0.15, -0.1) is 0 Å². The molecule has 0 bridgehead atoms. The lowest BCUT2D eigenvalue weighted by Crippen LogP contribution is -2.36. The van der Waals surface area contributed by atoms with E-state index in [-0.39, 0.29) is 11.4 Å². The van der Waals surface area contributed by atoms with E-state index in [1.54, 1.807) is 0 Å². The van der Waals surface area contributed by atoms with Crippen molar-refractivity contribution in [2.24, 2.45) is 10.9 Å². The van der Waals surface area contributed by atoms with E-state index in [2.05, 4.69) is 17.4 Å². The number of rotatable bonds is 5. The third kappa shape index (κ3) is 3.49. The fourth-order valence-corrected chi connectivity index (χ4v) is 2.55. The highest BCUT2D eigenvalue weighted by atomic mass is 16.5. The number of ether oxygens (including phenoxy) is 1. The molecule has 1 aromatic rings. The zero-order chi connectivity index (χ0) is 14.6. The van der Waals surface area contributed by atoms with Crippen LogP contribution in [0, 0.1) is 6.92 Å². The van der Waals surface area contributed by atoms with Crippen LogP contribution in [0.4, 0.5) is 0 Å². The smallest absolute Gasteiger partial charge is 0.170 e. The van der Waals surface area contributed by atoms with Crippen LogP contribution in [0.2, 0.25) is 0 Å². The normalized spacial score (nSPS) is 23.2. The summed E-state index contributed by atoms with van der Waals surface area (Å²) in [5, 5.41) is 15.1. The number of amidine groups is 1. The summed E-state index contributed by atoms with van der Waals surface area (Å²) in [6, 6.07) is 5.81. The minimum Gasteiger partial charge on any atom is -0.409 e. The molecule has 2 rings (SSSR count). The molecule has 4 N–H and O–H groups in total. The van der Waals surface area contributed by atoms with E-state index >= 15 is 0 Å². The van der Waals surface area contributed by atoms with Crippen LogP contribution in [0.1, 0.15) is 36.5 Å². The van der Waals surface area contributed by atoms with Gasteiger partial charge in [0.1, 0.15) is 0 Å². The number of hydrogen-bond donors (Lipinski definition) is 3. The highest BCUT2D eigenvalue weighted by Crippen LogP contribution is 2.24. The van der Waals surface area contributed by atoms with E-state index in [0.29, 0.717) is 0 Å². The van der Waals surface area contributed by atoms with Crippen molar-refractivity contribution in [2.75, 3.05) is 13.2 Å². The van der Waals surface area contributed by atoms with E-state index in [1.165, 1.54) is 5.56 Å². The fourth-order valence-electron chi connectivity index (χ4n) is 2.55. The van der Waals surface area contributed by atoms with Crippen LogP contribution in [0.15, 0.2) is 23.4 Å². The number of nitrogens with one attached hydrogen (secondary N) is 1. The predicted octanol–water partition coefficient (Wildman–Crippen LogP) is 1.75. The van der Waals surface area contributed by atoms with Gasteiger partial charge in [-0.3, -0.25) is 0 Å². The molecule has 20 heavy (non-hydrogen) atoms. The van der Waals surface area contributed by atoms with Gasteiger partial charge in [0.15, 0.2) is 5.84 Å². The van der Waals surface area contributed by atoms with Gasteiger partial charge in [0.25, 0.3) is 0 Å². The summed E-state index contributed by atoms with van der Waals surface area (Å²) >= 11 is 0. The number of hydrogen-bond acceptors (Lipinski definition) is 4. The average Bonchev–Trinajstić information content (AvgIpc) is 2.86. The molecule has 5 heteroatoms. The summed E-state index contributed by atoms with van der Waals surface area (Å²) in [6.45, 7) is 6.70. The Kier molecular flexibility index (Phi) is 4.62. The summed E-state index contributed by atoms with van der Waals surface area (Å²) in [5.41, 5.74) is 8.62. The summed E-state index contributed by atoms with van der Waals surface area (Å²) < 4.78 is 5.75. The van der Waals surface area contributed by atoms with Crippen LogP contribution in [0.3, 0.4) is 0 Å². The Balaban J connectivity index is 1.93. The van der Waals surface area contributed by atoms with Gasteiger partial charge in [0.2, 0.25) is 0 Å². The van der Waals surface area contributed by atoms with Crippen molar-refractivity contribution >= 4 is 5.84 Å². The van der Waals surface area contributed by atoms with Crippen LogP contribution in [0.5, 0.6) is 0 Å². The number of aryl methyl sites for hydroxylation is 1. The molecule has 0 saturated carbocycles. The van der Waals surface area contributed by atoms with Crippen molar-refractivity contribution < 1.29 is 9.94 Å². The fraction of sp³-hybridized carbons (Fsp3) is 0.533. The first-order chi connectivity index (χ1) is 9.54. The van der Waals surface area contributed by atoms with Crippen LogP contribution in [0.25, 0.3) is 0 Å². The van der Waals surface area contributed by atoms with Crippen LogP contribution in [-0.4, -0.2) is 29.8 Å². The second-order valence-corrected chi connectivity index (χ2v) is 5.63. The standard InChI is InChI=1S/C15H23N3O2/c1-11-8-12(14(16)18-19)4-5-13(11)9-17-10-15(2)6-3-7-20-15/h4-5,8,17,19H,3,6-7,9-10H2,1-2H3,(H2,16,18). The van der Waals surface area contributed by atoms with Gasteiger partial charge in [0.05, 0.1) is 5.60 Å². The van der Waals surface area contributed by atoms with Gasteiger partial charge in [-0.05, 0) is 43.9 Å². The van der Waals surface area contributed by atoms with Gasteiger partial charge >= 0.3 is 0 Å². The molecule has 1 aliphatic heterocycles. The molecular weight excluding hydrogens is 254 g/mol. The van der Waals surface area contributed by atoms with E-state index in [1.807, 2.05) is 25.1 Å². The highest BCUT2D eigenvalue weighted by Gasteiger charge is 2.28. The van der Waals surface area contributed by atoms with Crippen LogP contribution in [-0.2, 0) is 11.3 Å². The van der Waals surface area contributed by atoms with Crippen molar-refractivity contribution in [3.8, 4) is 0 Å². The summed E-state index contributed by atoms with van der Waals surface area (Å²) in [6.07, 6.45) is 2.26. The Hall–Kier alpha value is -1.59. The SMILES string of the molecule is Cc1cc(/C(N)=N/O)ccc1CNCC1(C)CCCO1. The largest absolute Gasteiger partial charge is 0.409 e. The lowest BCUT2D eigenvalue weighted by Gasteiger charge is -2.23. The first kappa shape index (κ1) is 14.8. The van der Waals surface area contributed by atoms with E-state index in [0.717, 1.165) is 43.7 Å². The number of nitrogens with two attached hydrogens (primary N) is 1. The molecule has 1 aromatic carbocycles.